The number of carbonyl (C=O) groups excluding carboxylic acids is 2. The van der Waals surface area contributed by atoms with Crippen molar-refractivity contribution >= 4 is 11.8 Å². The molecule has 1 heterocycles. The summed E-state index contributed by atoms with van der Waals surface area (Å²) in [4.78, 5) is 27.7. The third kappa shape index (κ3) is 4.20. The maximum absolute atomic E-state index is 12.2. The fraction of sp³-hybridized carbons (Fsp3) is 0.867. The summed E-state index contributed by atoms with van der Waals surface area (Å²) in [6.45, 7) is 10.9. The number of hydrogen-bond acceptors (Lipinski definition) is 3. The molecule has 2 N–H and O–H groups in total. The molecule has 0 saturated carbocycles. The van der Waals surface area contributed by atoms with Gasteiger partial charge in [0, 0.05) is 45.1 Å². The first-order valence-electron chi connectivity index (χ1n) is 7.63. The Morgan fingerprint density at radius 1 is 1.25 bits per heavy atom. The standard InChI is InChI=1S/C15H29N3O2/c1-5-17(6-2)13(19)7-8-14(20)18-10-9-12(16)15(3,4)11-18/h12H,5-11,16H2,1-4H3. The largest absolute Gasteiger partial charge is 0.343 e. The molecule has 0 aliphatic carbocycles. The van der Waals surface area contributed by atoms with Gasteiger partial charge in [-0.15, -0.1) is 0 Å². The summed E-state index contributed by atoms with van der Waals surface area (Å²) in [6, 6.07) is 0.142. The zero-order valence-corrected chi connectivity index (χ0v) is 13.3. The molecule has 20 heavy (non-hydrogen) atoms. The Kier molecular flexibility index (Phi) is 5.99. The van der Waals surface area contributed by atoms with Gasteiger partial charge in [0.15, 0.2) is 0 Å². The van der Waals surface area contributed by atoms with Crippen LogP contribution in [0.3, 0.4) is 0 Å². The van der Waals surface area contributed by atoms with Gasteiger partial charge in [-0.05, 0) is 25.7 Å². The van der Waals surface area contributed by atoms with Crippen LogP contribution in [-0.2, 0) is 9.59 Å². The minimum atomic E-state index is -0.0448. The van der Waals surface area contributed by atoms with Gasteiger partial charge in [0.05, 0.1) is 0 Å². The lowest BCUT2D eigenvalue weighted by Crippen LogP contribution is -2.54. The summed E-state index contributed by atoms with van der Waals surface area (Å²) in [6.07, 6.45) is 1.45. The molecule has 0 aromatic rings. The van der Waals surface area contributed by atoms with Gasteiger partial charge in [-0.1, -0.05) is 13.8 Å². The van der Waals surface area contributed by atoms with E-state index >= 15 is 0 Å². The molecule has 1 atom stereocenters. The third-order valence-electron chi connectivity index (χ3n) is 4.33. The molecular weight excluding hydrogens is 254 g/mol. The lowest BCUT2D eigenvalue weighted by Gasteiger charge is -2.42. The van der Waals surface area contributed by atoms with E-state index in [0.717, 1.165) is 6.42 Å². The van der Waals surface area contributed by atoms with E-state index in [2.05, 4.69) is 13.8 Å². The molecule has 1 unspecified atom stereocenters. The van der Waals surface area contributed by atoms with Crippen LogP contribution >= 0.6 is 0 Å². The van der Waals surface area contributed by atoms with Crippen LogP contribution in [-0.4, -0.2) is 53.8 Å². The summed E-state index contributed by atoms with van der Waals surface area (Å²) in [5.41, 5.74) is 6.03. The van der Waals surface area contributed by atoms with Crippen LogP contribution in [0.1, 0.15) is 47.0 Å². The van der Waals surface area contributed by atoms with Crippen molar-refractivity contribution in [1.29, 1.82) is 0 Å². The van der Waals surface area contributed by atoms with Crippen LogP contribution in [0.5, 0.6) is 0 Å². The van der Waals surface area contributed by atoms with E-state index in [4.69, 9.17) is 5.73 Å². The average Bonchev–Trinajstić information content (AvgIpc) is 2.40. The molecule has 0 aromatic heterocycles. The van der Waals surface area contributed by atoms with Crippen LogP contribution in [0, 0.1) is 5.41 Å². The predicted octanol–water partition coefficient (Wildman–Crippen LogP) is 1.22. The molecule has 0 aromatic carbocycles. The Hall–Kier alpha value is -1.10. The summed E-state index contributed by atoms with van der Waals surface area (Å²) in [7, 11) is 0. The average molecular weight is 283 g/mol. The number of piperidine rings is 1. The molecule has 5 nitrogen and oxygen atoms in total. The van der Waals surface area contributed by atoms with E-state index in [0.29, 0.717) is 39.0 Å². The van der Waals surface area contributed by atoms with E-state index in [1.807, 2.05) is 18.7 Å². The first-order valence-corrected chi connectivity index (χ1v) is 7.63. The van der Waals surface area contributed by atoms with Crippen molar-refractivity contribution in [2.75, 3.05) is 26.2 Å². The number of amides is 2. The minimum absolute atomic E-state index is 0.0448. The lowest BCUT2D eigenvalue weighted by molar-refractivity contribution is -0.138. The Labute approximate surface area is 122 Å². The highest BCUT2D eigenvalue weighted by Gasteiger charge is 2.35. The maximum atomic E-state index is 12.2. The van der Waals surface area contributed by atoms with E-state index in [1.165, 1.54) is 0 Å². The molecule has 1 saturated heterocycles. The third-order valence-corrected chi connectivity index (χ3v) is 4.33. The maximum Gasteiger partial charge on any atom is 0.223 e. The van der Waals surface area contributed by atoms with Gasteiger partial charge in [0.25, 0.3) is 0 Å². The SMILES string of the molecule is CCN(CC)C(=O)CCC(=O)N1CCC(N)C(C)(C)C1. The fourth-order valence-electron chi connectivity index (χ4n) is 2.69. The number of nitrogens with zero attached hydrogens (tertiary/aromatic N) is 2. The summed E-state index contributed by atoms with van der Waals surface area (Å²) in [5, 5.41) is 0. The Bertz CT molecular complexity index is 351. The molecule has 0 radical (unpaired) electrons. The summed E-state index contributed by atoms with van der Waals surface area (Å²) >= 11 is 0. The van der Waals surface area contributed by atoms with Crippen molar-refractivity contribution in [2.24, 2.45) is 11.1 Å². The Morgan fingerprint density at radius 2 is 1.85 bits per heavy atom. The fourth-order valence-corrected chi connectivity index (χ4v) is 2.69. The van der Waals surface area contributed by atoms with Crippen LogP contribution in [0.25, 0.3) is 0 Å². The topological polar surface area (TPSA) is 66.6 Å². The normalized spacial score (nSPS) is 21.6. The van der Waals surface area contributed by atoms with E-state index < -0.39 is 0 Å². The number of hydrogen-bond donors (Lipinski definition) is 1. The smallest absolute Gasteiger partial charge is 0.223 e. The van der Waals surface area contributed by atoms with Gasteiger partial charge in [0.2, 0.25) is 11.8 Å². The summed E-state index contributed by atoms with van der Waals surface area (Å²) in [5.74, 6) is 0.141. The molecular formula is C15H29N3O2. The van der Waals surface area contributed by atoms with Gasteiger partial charge in [-0.25, -0.2) is 0 Å². The van der Waals surface area contributed by atoms with Crippen LogP contribution < -0.4 is 5.73 Å². The quantitative estimate of drug-likeness (QED) is 0.825. The Morgan fingerprint density at radius 3 is 2.35 bits per heavy atom. The van der Waals surface area contributed by atoms with Crippen molar-refractivity contribution in [1.82, 2.24) is 9.80 Å². The van der Waals surface area contributed by atoms with E-state index in [-0.39, 0.29) is 23.3 Å². The second-order valence-corrected chi connectivity index (χ2v) is 6.27. The highest BCUT2D eigenvalue weighted by molar-refractivity contribution is 5.83. The highest BCUT2D eigenvalue weighted by Crippen LogP contribution is 2.28. The van der Waals surface area contributed by atoms with E-state index in [9.17, 15) is 9.59 Å². The second-order valence-electron chi connectivity index (χ2n) is 6.27. The highest BCUT2D eigenvalue weighted by atomic mass is 16.2. The van der Waals surface area contributed by atoms with Crippen molar-refractivity contribution in [3.05, 3.63) is 0 Å². The molecule has 5 heteroatoms. The van der Waals surface area contributed by atoms with Crippen molar-refractivity contribution < 1.29 is 9.59 Å². The molecule has 116 valence electrons. The Balaban J connectivity index is 2.46. The number of carbonyl (C=O) groups is 2. The van der Waals surface area contributed by atoms with Crippen LogP contribution in [0.2, 0.25) is 0 Å². The lowest BCUT2D eigenvalue weighted by atomic mass is 9.79. The van der Waals surface area contributed by atoms with E-state index in [1.54, 1.807) is 4.90 Å². The number of likely N-dealkylation sites (tertiary alicyclic amines) is 1. The van der Waals surface area contributed by atoms with Crippen LogP contribution in [0.15, 0.2) is 0 Å². The predicted molar refractivity (Wildman–Crippen MR) is 80.1 cm³/mol. The summed E-state index contributed by atoms with van der Waals surface area (Å²) < 4.78 is 0. The first kappa shape index (κ1) is 17.0. The van der Waals surface area contributed by atoms with Gasteiger partial charge in [0.1, 0.15) is 0 Å². The number of rotatable bonds is 5. The van der Waals surface area contributed by atoms with Gasteiger partial charge >= 0.3 is 0 Å². The van der Waals surface area contributed by atoms with Gasteiger partial charge in [-0.3, -0.25) is 9.59 Å². The molecule has 2 amide bonds. The molecule has 1 aliphatic heterocycles. The van der Waals surface area contributed by atoms with Crippen molar-refractivity contribution in [3.8, 4) is 0 Å². The first-order chi connectivity index (χ1) is 9.31. The zero-order chi connectivity index (χ0) is 15.3. The minimum Gasteiger partial charge on any atom is -0.343 e. The van der Waals surface area contributed by atoms with Gasteiger partial charge in [-0.2, -0.15) is 0 Å². The molecule has 0 spiro atoms. The molecule has 1 aliphatic rings. The molecule has 0 bridgehead atoms. The van der Waals surface area contributed by atoms with Crippen LogP contribution in [0.4, 0.5) is 0 Å². The van der Waals surface area contributed by atoms with Gasteiger partial charge < -0.3 is 15.5 Å². The molecule has 1 rings (SSSR count). The number of nitrogens with two attached hydrogens (primary N) is 1. The monoisotopic (exact) mass is 283 g/mol. The zero-order valence-electron chi connectivity index (χ0n) is 13.3. The van der Waals surface area contributed by atoms with Crippen molar-refractivity contribution in [2.45, 2.75) is 53.0 Å². The second kappa shape index (κ2) is 7.07. The van der Waals surface area contributed by atoms with Crippen molar-refractivity contribution in [3.63, 3.8) is 0 Å². The molecule has 1 fully saturated rings.